The highest BCUT2D eigenvalue weighted by Gasteiger charge is 2.18. The van der Waals surface area contributed by atoms with E-state index in [1.165, 1.54) is 11.8 Å². The number of anilines is 1. The van der Waals surface area contributed by atoms with Crippen LogP contribution in [0.5, 0.6) is 0 Å². The zero-order chi connectivity index (χ0) is 21.2. The standard InChI is InChI=1S/C20H26ClFN6S/c1-12-8-13(21)10-14(9-12)29-19-25-15-16(23)26-18(22)27-17(15)28(19)7-5-6-24-11-20(2,3)4/h8-10,24H,5-7,11H2,1-4H3,(H2,23,26,27). The molecular weight excluding hydrogens is 411 g/mol. The van der Waals surface area contributed by atoms with Crippen LogP contribution >= 0.6 is 23.4 Å². The summed E-state index contributed by atoms with van der Waals surface area (Å²) in [5.41, 5.74) is 7.99. The van der Waals surface area contributed by atoms with Crippen LogP contribution < -0.4 is 11.1 Å². The van der Waals surface area contributed by atoms with Crippen molar-refractivity contribution in [3.05, 3.63) is 34.9 Å². The molecule has 1 aromatic carbocycles. The largest absolute Gasteiger partial charge is 0.382 e. The summed E-state index contributed by atoms with van der Waals surface area (Å²) in [6.07, 6.45) is -0.00739. The summed E-state index contributed by atoms with van der Waals surface area (Å²) in [6, 6.07) is 5.80. The lowest BCUT2D eigenvalue weighted by atomic mass is 9.97. The lowest BCUT2D eigenvalue weighted by molar-refractivity contribution is 0.376. The Morgan fingerprint density at radius 1 is 1.21 bits per heavy atom. The van der Waals surface area contributed by atoms with Crippen molar-refractivity contribution in [2.45, 2.75) is 50.7 Å². The van der Waals surface area contributed by atoms with Gasteiger partial charge in [-0.05, 0) is 55.6 Å². The van der Waals surface area contributed by atoms with Gasteiger partial charge in [-0.2, -0.15) is 14.4 Å². The molecule has 2 heterocycles. The number of hydrogen-bond donors (Lipinski definition) is 2. The molecule has 0 saturated heterocycles. The van der Waals surface area contributed by atoms with Crippen LogP contribution in [0.2, 0.25) is 5.02 Å². The highest BCUT2D eigenvalue weighted by molar-refractivity contribution is 7.99. The monoisotopic (exact) mass is 436 g/mol. The quantitative estimate of drug-likeness (QED) is 0.413. The second-order valence-corrected chi connectivity index (χ2v) is 9.73. The number of aromatic nitrogens is 4. The Morgan fingerprint density at radius 3 is 2.66 bits per heavy atom. The van der Waals surface area contributed by atoms with Crippen molar-refractivity contribution in [1.82, 2.24) is 24.8 Å². The Hall–Kier alpha value is -1.90. The average molecular weight is 437 g/mol. The zero-order valence-electron chi connectivity index (χ0n) is 17.1. The van der Waals surface area contributed by atoms with Crippen molar-refractivity contribution < 1.29 is 4.39 Å². The van der Waals surface area contributed by atoms with Crippen LogP contribution in [0.4, 0.5) is 10.2 Å². The molecule has 0 amide bonds. The molecule has 0 aliphatic carbocycles. The molecule has 0 spiro atoms. The molecule has 0 bridgehead atoms. The number of nitrogens with one attached hydrogen (secondary N) is 1. The molecule has 29 heavy (non-hydrogen) atoms. The molecule has 156 valence electrons. The number of fused-ring (bicyclic) bond motifs is 1. The van der Waals surface area contributed by atoms with Crippen LogP contribution in [0.25, 0.3) is 11.2 Å². The predicted molar refractivity (Wildman–Crippen MR) is 117 cm³/mol. The molecule has 2 aromatic heterocycles. The van der Waals surface area contributed by atoms with E-state index in [4.69, 9.17) is 17.3 Å². The van der Waals surface area contributed by atoms with Gasteiger partial charge in [0.05, 0.1) is 0 Å². The van der Waals surface area contributed by atoms with Gasteiger partial charge in [-0.15, -0.1) is 0 Å². The lowest BCUT2D eigenvalue weighted by Crippen LogP contribution is -2.28. The van der Waals surface area contributed by atoms with Crippen LogP contribution in [0.3, 0.4) is 0 Å². The van der Waals surface area contributed by atoms with Crippen molar-refractivity contribution in [3.63, 3.8) is 0 Å². The number of rotatable bonds is 7. The van der Waals surface area contributed by atoms with E-state index in [1.807, 2.05) is 29.7 Å². The van der Waals surface area contributed by atoms with Crippen LogP contribution in [0.15, 0.2) is 28.3 Å². The summed E-state index contributed by atoms with van der Waals surface area (Å²) in [5, 5.41) is 4.80. The molecule has 6 nitrogen and oxygen atoms in total. The minimum Gasteiger partial charge on any atom is -0.382 e. The van der Waals surface area contributed by atoms with Gasteiger partial charge in [-0.1, -0.05) is 44.1 Å². The molecule has 3 aromatic rings. The van der Waals surface area contributed by atoms with E-state index in [1.54, 1.807) is 0 Å². The number of nitrogens with two attached hydrogens (primary N) is 1. The van der Waals surface area contributed by atoms with E-state index >= 15 is 0 Å². The summed E-state index contributed by atoms with van der Waals surface area (Å²) < 4.78 is 15.7. The van der Waals surface area contributed by atoms with Gasteiger partial charge in [-0.25, -0.2) is 4.98 Å². The second kappa shape index (κ2) is 8.85. The fourth-order valence-corrected chi connectivity index (χ4v) is 4.37. The number of halogens is 2. The van der Waals surface area contributed by atoms with Crippen molar-refractivity contribution in [3.8, 4) is 0 Å². The maximum Gasteiger partial charge on any atom is 0.312 e. The van der Waals surface area contributed by atoms with E-state index in [9.17, 15) is 4.39 Å². The normalized spacial score (nSPS) is 12.1. The molecule has 0 aliphatic rings. The van der Waals surface area contributed by atoms with Gasteiger partial charge in [0, 0.05) is 16.5 Å². The molecule has 0 aliphatic heterocycles. The molecular formula is C20H26ClFN6S. The van der Waals surface area contributed by atoms with Gasteiger partial charge in [0.1, 0.15) is 0 Å². The van der Waals surface area contributed by atoms with Gasteiger partial charge >= 0.3 is 6.08 Å². The summed E-state index contributed by atoms with van der Waals surface area (Å²) in [4.78, 5) is 13.1. The molecule has 0 atom stereocenters. The third kappa shape index (κ3) is 5.81. The molecule has 9 heteroatoms. The van der Waals surface area contributed by atoms with Crippen LogP contribution in [-0.4, -0.2) is 32.6 Å². The SMILES string of the molecule is Cc1cc(Cl)cc(Sc2nc3c(N)nc(F)nc3n2CCCNCC(C)(C)C)c1. The Kier molecular flexibility index (Phi) is 6.65. The van der Waals surface area contributed by atoms with Crippen molar-refractivity contribution in [1.29, 1.82) is 0 Å². The molecule has 3 rings (SSSR count). The Balaban J connectivity index is 1.87. The number of aryl methyl sites for hydroxylation is 2. The van der Waals surface area contributed by atoms with E-state index in [0.29, 0.717) is 27.9 Å². The smallest absolute Gasteiger partial charge is 0.312 e. The summed E-state index contributed by atoms with van der Waals surface area (Å²) in [6.45, 7) is 10.9. The van der Waals surface area contributed by atoms with Crippen molar-refractivity contribution in [2.24, 2.45) is 5.41 Å². The highest BCUT2D eigenvalue weighted by atomic mass is 35.5. The summed E-state index contributed by atoms with van der Waals surface area (Å²) >= 11 is 7.65. The number of benzene rings is 1. The number of hydrogen-bond acceptors (Lipinski definition) is 6. The summed E-state index contributed by atoms with van der Waals surface area (Å²) in [5.74, 6) is 0.0428. The second-order valence-electron chi connectivity index (χ2n) is 8.25. The maximum atomic E-state index is 13.8. The third-order valence-corrected chi connectivity index (χ3v) is 5.36. The van der Waals surface area contributed by atoms with Crippen molar-refractivity contribution >= 4 is 40.3 Å². The lowest BCUT2D eigenvalue weighted by Gasteiger charge is -2.18. The van der Waals surface area contributed by atoms with Gasteiger partial charge in [0.15, 0.2) is 22.1 Å². The molecule has 0 radical (unpaired) electrons. The Labute approximate surface area is 179 Å². The number of nitrogens with zero attached hydrogens (tertiary/aromatic N) is 4. The average Bonchev–Trinajstić information content (AvgIpc) is 2.90. The Bertz CT molecular complexity index is 994. The third-order valence-electron chi connectivity index (χ3n) is 4.17. The van der Waals surface area contributed by atoms with Crippen molar-refractivity contribution in [2.75, 3.05) is 18.8 Å². The first-order valence-corrected chi connectivity index (χ1v) is 10.7. The van der Waals surface area contributed by atoms with E-state index in [2.05, 4.69) is 41.0 Å². The van der Waals surface area contributed by atoms with E-state index in [0.717, 1.165) is 30.0 Å². The van der Waals surface area contributed by atoms with Gasteiger partial charge in [0.2, 0.25) is 0 Å². The number of imidazole rings is 1. The predicted octanol–water partition coefficient (Wildman–Crippen LogP) is 4.69. The molecule has 0 fully saturated rings. The first kappa shape index (κ1) is 21.8. The van der Waals surface area contributed by atoms with Gasteiger partial charge in [-0.3, -0.25) is 0 Å². The van der Waals surface area contributed by atoms with Gasteiger partial charge < -0.3 is 15.6 Å². The fraction of sp³-hybridized carbons (Fsp3) is 0.450. The summed E-state index contributed by atoms with van der Waals surface area (Å²) in [7, 11) is 0. The molecule has 3 N–H and O–H groups in total. The number of nitrogen functional groups attached to an aromatic ring is 1. The van der Waals surface area contributed by atoms with E-state index < -0.39 is 6.08 Å². The van der Waals surface area contributed by atoms with Gasteiger partial charge in [0.25, 0.3) is 0 Å². The maximum absolute atomic E-state index is 13.8. The fourth-order valence-electron chi connectivity index (χ4n) is 2.95. The molecule has 0 saturated carbocycles. The first-order chi connectivity index (χ1) is 13.6. The topological polar surface area (TPSA) is 81.7 Å². The first-order valence-electron chi connectivity index (χ1n) is 9.47. The van der Waals surface area contributed by atoms with Crippen LogP contribution in [0, 0.1) is 18.4 Å². The van der Waals surface area contributed by atoms with E-state index in [-0.39, 0.29) is 11.2 Å². The van der Waals surface area contributed by atoms with Crippen LogP contribution in [-0.2, 0) is 6.54 Å². The molecule has 0 unspecified atom stereocenters. The minimum absolute atomic E-state index is 0.0428. The zero-order valence-corrected chi connectivity index (χ0v) is 18.7. The Morgan fingerprint density at radius 2 is 1.97 bits per heavy atom. The van der Waals surface area contributed by atoms with Crippen LogP contribution in [0.1, 0.15) is 32.8 Å². The highest BCUT2D eigenvalue weighted by Crippen LogP contribution is 2.33. The minimum atomic E-state index is -0.850.